The summed E-state index contributed by atoms with van der Waals surface area (Å²) in [6.45, 7) is 9.48. The molecule has 3 unspecified atom stereocenters. The summed E-state index contributed by atoms with van der Waals surface area (Å²) < 4.78 is 0. The van der Waals surface area contributed by atoms with E-state index in [0.717, 1.165) is 29.7 Å². The summed E-state index contributed by atoms with van der Waals surface area (Å²) >= 11 is 0. The zero-order valence-electron chi connectivity index (χ0n) is 12.6. The number of rotatable bonds is 6. The van der Waals surface area contributed by atoms with Gasteiger partial charge < -0.3 is 5.32 Å². The van der Waals surface area contributed by atoms with E-state index in [0.29, 0.717) is 0 Å². The number of nitrogens with one attached hydrogen (secondary N) is 1. The van der Waals surface area contributed by atoms with Crippen LogP contribution in [0.4, 0.5) is 0 Å². The minimum Gasteiger partial charge on any atom is -0.317 e. The van der Waals surface area contributed by atoms with E-state index < -0.39 is 0 Å². The first-order chi connectivity index (χ1) is 8.04. The van der Waals surface area contributed by atoms with Crippen molar-refractivity contribution in [1.82, 2.24) is 5.32 Å². The fourth-order valence-electron chi connectivity index (χ4n) is 3.39. The van der Waals surface area contributed by atoms with E-state index in [4.69, 9.17) is 0 Å². The third kappa shape index (κ3) is 4.99. The van der Waals surface area contributed by atoms with Crippen molar-refractivity contribution >= 4 is 0 Å². The quantitative estimate of drug-likeness (QED) is 0.721. The first-order valence-electron chi connectivity index (χ1n) is 7.71. The molecule has 1 aliphatic rings. The highest BCUT2D eigenvalue weighted by Crippen LogP contribution is 2.36. The lowest BCUT2D eigenvalue weighted by Crippen LogP contribution is -2.39. The van der Waals surface area contributed by atoms with Crippen molar-refractivity contribution in [2.45, 2.75) is 72.3 Å². The second kappa shape index (κ2) is 7.41. The topological polar surface area (TPSA) is 12.0 Å². The third-order valence-corrected chi connectivity index (χ3v) is 4.69. The summed E-state index contributed by atoms with van der Waals surface area (Å²) in [4.78, 5) is 0. The van der Waals surface area contributed by atoms with Gasteiger partial charge in [0, 0.05) is 6.04 Å². The number of hydrogen-bond acceptors (Lipinski definition) is 1. The van der Waals surface area contributed by atoms with Crippen LogP contribution >= 0.6 is 0 Å². The minimum atomic E-state index is 0.789. The highest BCUT2D eigenvalue weighted by atomic mass is 14.9. The maximum atomic E-state index is 3.55. The van der Waals surface area contributed by atoms with Gasteiger partial charge in [0.15, 0.2) is 0 Å². The van der Waals surface area contributed by atoms with Gasteiger partial charge in [-0.1, -0.05) is 40.5 Å². The molecule has 1 heteroatoms. The van der Waals surface area contributed by atoms with E-state index in [9.17, 15) is 0 Å². The molecule has 17 heavy (non-hydrogen) atoms. The van der Waals surface area contributed by atoms with Crippen molar-refractivity contribution < 1.29 is 0 Å². The van der Waals surface area contributed by atoms with E-state index in [1.165, 1.54) is 38.5 Å². The van der Waals surface area contributed by atoms with Crippen LogP contribution in [0.5, 0.6) is 0 Å². The Hall–Kier alpha value is -0.0400. The Balaban J connectivity index is 2.40. The Morgan fingerprint density at radius 3 is 2.35 bits per heavy atom. The molecule has 0 heterocycles. The van der Waals surface area contributed by atoms with Gasteiger partial charge in [0.2, 0.25) is 0 Å². The summed E-state index contributed by atoms with van der Waals surface area (Å²) in [5.74, 6) is 3.65. The standard InChI is InChI=1S/C16H33N/c1-12(2)7-6-8-15-11-14(13(3)4)9-10-16(15)17-5/h12-17H,6-11H2,1-5H3. The molecule has 1 fully saturated rings. The largest absolute Gasteiger partial charge is 0.317 e. The molecule has 0 aromatic carbocycles. The average Bonchev–Trinajstić information content (AvgIpc) is 2.28. The monoisotopic (exact) mass is 239 g/mol. The highest BCUT2D eigenvalue weighted by molar-refractivity contribution is 4.85. The molecule has 1 N–H and O–H groups in total. The molecule has 1 aliphatic carbocycles. The van der Waals surface area contributed by atoms with Gasteiger partial charge in [-0.3, -0.25) is 0 Å². The normalized spacial score (nSPS) is 30.2. The van der Waals surface area contributed by atoms with E-state index in [-0.39, 0.29) is 0 Å². The van der Waals surface area contributed by atoms with Crippen LogP contribution in [0, 0.1) is 23.7 Å². The Labute approximate surface area is 109 Å². The SMILES string of the molecule is CNC1CCC(C(C)C)CC1CCCC(C)C. The molecule has 0 aromatic heterocycles. The van der Waals surface area contributed by atoms with Gasteiger partial charge in [-0.15, -0.1) is 0 Å². The number of hydrogen-bond donors (Lipinski definition) is 1. The van der Waals surface area contributed by atoms with Crippen LogP contribution in [-0.4, -0.2) is 13.1 Å². The molecule has 1 saturated carbocycles. The lowest BCUT2D eigenvalue weighted by atomic mass is 9.72. The molecule has 102 valence electrons. The zero-order valence-corrected chi connectivity index (χ0v) is 12.6. The first kappa shape index (κ1) is 15.0. The van der Waals surface area contributed by atoms with Crippen LogP contribution in [0.1, 0.15) is 66.2 Å². The second-order valence-corrected chi connectivity index (χ2v) is 6.80. The molecule has 3 atom stereocenters. The van der Waals surface area contributed by atoms with E-state index in [1.54, 1.807) is 0 Å². The molecular formula is C16H33N. The average molecular weight is 239 g/mol. The van der Waals surface area contributed by atoms with E-state index in [1.807, 2.05) is 0 Å². The predicted molar refractivity (Wildman–Crippen MR) is 77.2 cm³/mol. The molecule has 0 radical (unpaired) electrons. The Morgan fingerprint density at radius 1 is 1.12 bits per heavy atom. The third-order valence-electron chi connectivity index (χ3n) is 4.69. The highest BCUT2D eigenvalue weighted by Gasteiger charge is 2.30. The Kier molecular flexibility index (Phi) is 6.54. The van der Waals surface area contributed by atoms with Crippen LogP contribution in [0.3, 0.4) is 0 Å². The summed E-state index contributed by atoms with van der Waals surface area (Å²) in [6.07, 6.45) is 8.55. The molecule has 1 nitrogen and oxygen atoms in total. The van der Waals surface area contributed by atoms with Crippen molar-refractivity contribution in [3.63, 3.8) is 0 Å². The molecule has 0 spiro atoms. The van der Waals surface area contributed by atoms with Crippen LogP contribution in [0.2, 0.25) is 0 Å². The Bertz CT molecular complexity index is 198. The van der Waals surface area contributed by atoms with Gasteiger partial charge in [-0.25, -0.2) is 0 Å². The van der Waals surface area contributed by atoms with Crippen LogP contribution in [0.25, 0.3) is 0 Å². The molecule has 0 aliphatic heterocycles. The first-order valence-corrected chi connectivity index (χ1v) is 7.71. The van der Waals surface area contributed by atoms with Gasteiger partial charge >= 0.3 is 0 Å². The minimum absolute atomic E-state index is 0.789. The van der Waals surface area contributed by atoms with Crippen molar-refractivity contribution in [3.05, 3.63) is 0 Å². The zero-order chi connectivity index (χ0) is 12.8. The van der Waals surface area contributed by atoms with Crippen LogP contribution in [0.15, 0.2) is 0 Å². The van der Waals surface area contributed by atoms with E-state index >= 15 is 0 Å². The molecule has 1 rings (SSSR count). The second-order valence-electron chi connectivity index (χ2n) is 6.80. The Morgan fingerprint density at radius 2 is 1.82 bits per heavy atom. The van der Waals surface area contributed by atoms with E-state index in [2.05, 4.69) is 40.1 Å². The van der Waals surface area contributed by atoms with Gasteiger partial charge in [0.25, 0.3) is 0 Å². The van der Waals surface area contributed by atoms with Crippen LogP contribution in [-0.2, 0) is 0 Å². The fraction of sp³-hybridized carbons (Fsp3) is 1.00. The molecule has 0 saturated heterocycles. The summed E-state index contributed by atoms with van der Waals surface area (Å²) in [5, 5.41) is 3.55. The van der Waals surface area contributed by atoms with Crippen molar-refractivity contribution in [3.8, 4) is 0 Å². The smallest absolute Gasteiger partial charge is 0.00925 e. The summed E-state index contributed by atoms with van der Waals surface area (Å²) in [5.41, 5.74) is 0. The molecule has 0 bridgehead atoms. The van der Waals surface area contributed by atoms with Gasteiger partial charge in [-0.05, 0) is 56.4 Å². The lowest BCUT2D eigenvalue weighted by molar-refractivity contribution is 0.162. The summed E-state index contributed by atoms with van der Waals surface area (Å²) in [6, 6.07) is 0.789. The molecule has 0 aromatic rings. The van der Waals surface area contributed by atoms with Crippen molar-refractivity contribution in [2.24, 2.45) is 23.7 Å². The predicted octanol–water partition coefficient (Wildman–Crippen LogP) is 4.47. The fourth-order valence-corrected chi connectivity index (χ4v) is 3.39. The van der Waals surface area contributed by atoms with Crippen molar-refractivity contribution in [1.29, 1.82) is 0 Å². The van der Waals surface area contributed by atoms with Crippen molar-refractivity contribution in [2.75, 3.05) is 7.05 Å². The van der Waals surface area contributed by atoms with Gasteiger partial charge in [0.05, 0.1) is 0 Å². The maximum Gasteiger partial charge on any atom is 0.00925 e. The lowest BCUT2D eigenvalue weighted by Gasteiger charge is -2.38. The van der Waals surface area contributed by atoms with Crippen LogP contribution < -0.4 is 5.32 Å². The van der Waals surface area contributed by atoms with Gasteiger partial charge in [0.1, 0.15) is 0 Å². The summed E-state index contributed by atoms with van der Waals surface area (Å²) in [7, 11) is 2.15. The molecule has 0 amide bonds. The maximum absolute atomic E-state index is 3.55. The van der Waals surface area contributed by atoms with Gasteiger partial charge in [-0.2, -0.15) is 0 Å². The molecular weight excluding hydrogens is 206 g/mol.